The molecule has 0 bridgehead atoms. The second kappa shape index (κ2) is 7.77. The topological polar surface area (TPSA) is 29.5 Å². The lowest BCUT2D eigenvalue weighted by atomic mass is 10.0. The van der Waals surface area contributed by atoms with Gasteiger partial charge in [0.2, 0.25) is 0 Å². The first-order valence-corrected chi connectivity index (χ1v) is 8.56. The van der Waals surface area contributed by atoms with Gasteiger partial charge in [0.15, 0.2) is 0 Å². The number of benzene rings is 1. The van der Waals surface area contributed by atoms with Crippen molar-refractivity contribution in [3.05, 3.63) is 29.8 Å². The number of hydrogen-bond acceptors (Lipinski definition) is 2. The maximum atomic E-state index is 12.7. The van der Waals surface area contributed by atoms with Gasteiger partial charge in [0.05, 0.1) is 6.10 Å². The van der Waals surface area contributed by atoms with Crippen LogP contribution in [0.25, 0.3) is 0 Å². The van der Waals surface area contributed by atoms with E-state index in [9.17, 15) is 4.79 Å². The van der Waals surface area contributed by atoms with Crippen LogP contribution >= 0.6 is 0 Å². The molecule has 1 fully saturated rings. The number of anilines is 1. The molecular weight excluding hydrogens is 274 g/mol. The van der Waals surface area contributed by atoms with Gasteiger partial charge in [0, 0.05) is 12.7 Å². The van der Waals surface area contributed by atoms with Crippen LogP contribution in [0.4, 0.5) is 5.69 Å². The van der Waals surface area contributed by atoms with E-state index in [1.165, 1.54) is 18.4 Å². The Balaban J connectivity index is 2.07. The van der Waals surface area contributed by atoms with Gasteiger partial charge in [0.25, 0.3) is 5.91 Å². The van der Waals surface area contributed by atoms with Crippen molar-refractivity contribution in [1.82, 2.24) is 0 Å². The first kappa shape index (κ1) is 17.0. The van der Waals surface area contributed by atoms with Gasteiger partial charge in [-0.15, -0.1) is 0 Å². The van der Waals surface area contributed by atoms with E-state index in [4.69, 9.17) is 4.74 Å². The van der Waals surface area contributed by atoms with Crippen molar-refractivity contribution in [3.63, 3.8) is 0 Å². The van der Waals surface area contributed by atoms with Crippen LogP contribution in [0.15, 0.2) is 24.3 Å². The molecule has 0 radical (unpaired) electrons. The third-order valence-electron chi connectivity index (χ3n) is 4.56. The third kappa shape index (κ3) is 4.10. The van der Waals surface area contributed by atoms with Gasteiger partial charge < -0.3 is 9.64 Å². The van der Waals surface area contributed by atoms with Gasteiger partial charge >= 0.3 is 0 Å². The summed E-state index contributed by atoms with van der Waals surface area (Å²) in [5, 5.41) is 0. The second-order valence-electron chi connectivity index (χ2n) is 6.59. The minimum atomic E-state index is -0.323. The Kier molecular flexibility index (Phi) is 6.01. The third-order valence-corrected chi connectivity index (χ3v) is 4.56. The van der Waals surface area contributed by atoms with Gasteiger partial charge in [-0.25, -0.2) is 0 Å². The van der Waals surface area contributed by atoms with E-state index in [0.717, 1.165) is 24.9 Å². The van der Waals surface area contributed by atoms with Crippen molar-refractivity contribution in [2.75, 3.05) is 11.9 Å². The fraction of sp³-hybridized carbons (Fsp3) is 0.632. The summed E-state index contributed by atoms with van der Waals surface area (Å²) in [6.45, 7) is 6.36. The smallest absolute Gasteiger partial charge is 0.255 e. The maximum absolute atomic E-state index is 12.7. The summed E-state index contributed by atoms with van der Waals surface area (Å²) in [5.74, 6) is 0.524. The van der Waals surface area contributed by atoms with Crippen molar-refractivity contribution in [3.8, 4) is 0 Å². The average molecular weight is 303 g/mol. The molecule has 1 atom stereocenters. The summed E-state index contributed by atoms with van der Waals surface area (Å²) < 4.78 is 6.05. The molecule has 2 rings (SSSR count). The zero-order chi connectivity index (χ0) is 16.1. The fourth-order valence-electron chi connectivity index (χ4n) is 3.02. The molecular formula is C19H29NO2. The quantitative estimate of drug-likeness (QED) is 0.774. The van der Waals surface area contributed by atoms with E-state index in [1.54, 1.807) is 4.90 Å². The summed E-state index contributed by atoms with van der Waals surface area (Å²) in [7, 11) is 1.85. The summed E-state index contributed by atoms with van der Waals surface area (Å²) >= 11 is 0. The number of nitrogens with zero attached hydrogens (tertiary/aromatic N) is 1. The summed E-state index contributed by atoms with van der Waals surface area (Å²) in [5.41, 5.74) is 2.20. The Morgan fingerprint density at radius 2 is 2.00 bits per heavy atom. The molecule has 0 saturated heterocycles. The Hall–Kier alpha value is -1.35. The zero-order valence-electron chi connectivity index (χ0n) is 14.3. The first-order valence-electron chi connectivity index (χ1n) is 8.56. The molecule has 1 aliphatic carbocycles. The van der Waals surface area contributed by atoms with E-state index in [1.807, 2.05) is 26.1 Å². The van der Waals surface area contributed by atoms with Crippen molar-refractivity contribution in [1.29, 1.82) is 0 Å². The predicted octanol–water partition coefficient (Wildman–Crippen LogP) is 4.51. The molecule has 1 aromatic carbocycles. The molecule has 1 aromatic rings. The Morgan fingerprint density at radius 3 is 2.59 bits per heavy atom. The monoisotopic (exact) mass is 303 g/mol. The van der Waals surface area contributed by atoms with Gasteiger partial charge in [-0.3, -0.25) is 4.79 Å². The van der Waals surface area contributed by atoms with Crippen LogP contribution in [-0.2, 0) is 9.53 Å². The highest BCUT2D eigenvalue weighted by Crippen LogP contribution is 2.25. The number of ether oxygens (including phenoxy) is 1. The second-order valence-corrected chi connectivity index (χ2v) is 6.59. The van der Waals surface area contributed by atoms with E-state index >= 15 is 0 Å². The van der Waals surface area contributed by atoms with Gasteiger partial charge in [0.1, 0.15) is 6.10 Å². The molecule has 1 unspecified atom stereocenters. The molecule has 0 aromatic heterocycles. The van der Waals surface area contributed by atoms with Gasteiger partial charge in [-0.1, -0.05) is 45.7 Å². The Bertz CT molecular complexity index is 492. The highest BCUT2D eigenvalue weighted by Gasteiger charge is 2.27. The lowest BCUT2D eigenvalue weighted by Crippen LogP contribution is -2.39. The number of carbonyl (C=O) groups excluding carboxylic acids is 1. The van der Waals surface area contributed by atoms with Crippen LogP contribution in [0.5, 0.6) is 0 Å². The molecule has 122 valence electrons. The predicted molar refractivity (Wildman–Crippen MR) is 91.4 cm³/mol. The standard InChI is InChI=1S/C19H29NO2/c1-5-18(22-17-11-6-7-12-17)19(21)20(4)16-10-8-9-15(13-16)14(2)3/h8-10,13-14,17-18H,5-7,11-12H2,1-4H3. The molecule has 1 amide bonds. The first-order chi connectivity index (χ1) is 10.5. The van der Waals surface area contributed by atoms with Crippen LogP contribution in [-0.4, -0.2) is 25.2 Å². The number of hydrogen-bond donors (Lipinski definition) is 0. The molecule has 0 heterocycles. The molecule has 3 nitrogen and oxygen atoms in total. The van der Waals surface area contributed by atoms with E-state index < -0.39 is 0 Å². The molecule has 1 saturated carbocycles. The van der Waals surface area contributed by atoms with Crippen LogP contribution in [0.3, 0.4) is 0 Å². The molecule has 3 heteroatoms. The lowest BCUT2D eigenvalue weighted by molar-refractivity contribution is -0.133. The lowest BCUT2D eigenvalue weighted by Gasteiger charge is -2.26. The number of likely N-dealkylation sites (N-methyl/N-ethyl adjacent to an activating group) is 1. The Morgan fingerprint density at radius 1 is 1.32 bits per heavy atom. The van der Waals surface area contributed by atoms with Crippen LogP contribution in [0.2, 0.25) is 0 Å². The normalized spacial score (nSPS) is 17.0. The molecule has 0 N–H and O–H groups in total. The van der Waals surface area contributed by atoms with Gasteiger partial charge in [-0.2, -0.15) is 0 Å². The maximum Gasteiger partial charge on any atom is 0.255 e. The van der Waals surface area contributed by atoms with Crippen LogP contribution in [0, 0.1) is 0 Å². The van der Waals surface area contributed by atoms with Crippen LogP contribution < -0.4 is 4.90 Å². The largest absolute Gasteiger partial charge is 0.365 e. The summed E-state index contributed by atoms with van der Waals surface area (Å²) in [6.07, 6.45) is 5.30. The number of rotatable bonds is 6. The highest BCUT2D eigenvalue weighted by atomic mass is 16.5. The summed E-state index contributed by atoms with van der Waals surface area (Å²) in [6, 6.07) is 8.23. The van der Waals surface area contributed by atoms with Gasteiger partial charge in [-0.05, 0) is 42.9 Å². The minimum Gasteiger partial charge on any atom is -0.365 e. The number of carbonyl (C=O) groups is 1. The van der Waals surface area contributed by atoms with Crippen molar-refractivity contribution >= 4 is 11.6 Å². The molecule has 0 spiro atoms. The fourth-order valence-corrected chi connectivity index (χ4v) is 3.02. The Labute approximate surface area is 134 Å². The average Bonchev–Trinajstić information content (AvgIpc) is 3.04. The van der Waals surface area contributed by atoms with Crippen molar-refractivity contribution in [2.24, 2.45) is 0 Å². The SMILES string of the molecule is CCC(OC1CCCC1)C(=O)N(C)c1cccc(C(C)C)c1. The molecule has 0 aliphatic heterocycles. The van der Waals surface area contributed by atoms with E-state index in [0.29, 0.717) is 5.92 Å². The minimum absolute atomic E-state index is 0.0651. The van der Waals surface area contributed by atoms with Crippen molar-refractivity contribution < 1.29 is 9.53 Å². The van der Waals surface area contributed by atoms with E-state index in [-0.39, 0.29) is 18.1 Å². The summed E-state index contributed by atoms with van der Waals surface area (Å²) in [4.78, 5) is 14.5. The van der Waals surface area contributed by atoms with Crippen molar-refractivity contribution in [2.45, 2.75) is 71.0 Å². The highest BCUT2D eigenvalue weighted by molar-refractivity contribution is 5.96. The molecule has 1 aliphatic rings. The van der Waals surface area contributed by atoms with Crippen LogP contribution in [0.1, 0.15) is 64.4 Å². The van der Waals surface area contributed by atoms with E-state index in [2.05, 4.69) is 26.0 Å². The molecule has 22 heavy (non-hydrogen) atoms. The number of amides is 1. The zero-order valence-corrected chi connectivity index (χ0v) is 14.3.